The number of hydrogen-bond donors (Lipinski definition) is 0. The first kappa shape index (κ1) is 38.1. The van der Waals surface area contributed by atoms with Crippen LogP contribution in [0, 0.1) is 0 Å². The third-order valence-corrected chi connectivity index (χ3v) is 11.3. The van der Waals surface area contributed by atoms with Gasteiger partial charge in [0.05, 0.1) is 0 Å². The summed E-state index contributed by atoms with van der Waals surface area (Å²) in [6.07, 6.45) is -16.0. The van der Waals surface area contributed by atoms with Gasteiger partial charge in [-0.2, -0.15) is 0 Å². The van der Waals surface area contributed by atoms with Crippen molar-refractivity contribution in [1.82, 2.24) is 0 Å². The summed E-state index contributed by atoms with van der Waals surface area (Å²) >= 11 is -8.47. The molecule has 0 aromatic rings. The number of halogens is 26. The van der Waals surface area contributed by atoms with E-state index in [1.54, 1.807) is 0 Å². The van der Waals surface area contributed by atoms with Crippen LogP contribution in [0.1, 0.15) is 0 Å². The third-order valence-electron chi connectivity index (χ3n) is 4.44. The van der Waals surface area contributed by atoms with Crippen LogP contribution in [-0.2, 0) is 24.6 Å². The first-order valence-corrected chi connectivity index (χ1v) is 13.6. The van der Waals surface area contributed by atoms with Crippen LogP contribution in [0.15, 0.2) is 0 Å². The second-order valence-electron chi connectivity index (χ2n) is 7.18. The summed E-state index contributed by atoms with van der Waals surface area (Å²) in [5.41, 5.74) is 0. The summed E-state index contributed by atoms with van der Waals surface area (Å²) in [7, 11) is 0. The molecule has 0 heterocycles. The Balaban J connectivity index is 6.90. The second kappa shape index (κ2) is 9.31. The summed E-state index contributed by atoms with van der Waals surface area (Å²) < 4.78 is 318. The van der Waals surface area contributed by atoms with Crippen LogP contribution in [-0.4, -0.2) is 66.6 Å². The summed E-state index contributed by atoms with van der Waals surface area (Å²) in [5.74, 6) is -69.9. The van der Waals surface area contributed by atoms with Crippen LogP contribution in [0.3, 0.4) is 0 Å². The van der Waals surface area contributed by atoms with Crippen molar-refractivity contribution >= 4 is 0 Å². The normalized spacial score (nSPS) is 16.9. The molecule has 0 radical (unpaired) electrons. The number of rotatable bonds is 10. The van der Waals surface area contributed by atoms with E-state index in [1.165, 1.54) is 0 Å². The van der Waals surface area contributed by atoms with Gasteiger partial charge in [0.25, 0.3) is 0 Å². The van der Waals surface area contributed by atoms with Gasteiger partial charge < -0.3 is 0 Å². The van der Waals surface area contributed by atoms with E-state index in [-0.39, 0.29) is 0 Å². The molecule has 0 nitrogen and oxygen atoms in total. The first-order valence-electron chi connectivity index (χ1n) is 8.12. The molecule has 0 aromatic carbocycles. The van der Waals surface area contributed by atoms with Crippen molar-refractivity contribution in [3.8, 4) is 0 Å². The summed E-state index contributed by atoms with van der Waals surface area (Å²) in [4.78, 5) is 0. The Hall–Kier alpha value is -0.885. The Bertz CT molecular complexity index is 814. The monoisotopic (exact) mass is 840 g/mol. The maximum atomic E-state index is 13.5. The molecule has 0 saturated carbocycles. The van der Waals surface area contributed by atoms with Crippen molar-refractivity contribution < 1.29 is 139 Å². The fraction of sp³-hybridized carbons (Fsp3) is 1.00. The number of hydrogen-bond acceptors (Lipinski definition) is 0. The molecular weight excluding hydrogens is 839 g/mol. The van der Waals surface area contributed by atoms with E-state index in [1.807, 2.05) is 0 Å². The predicted molar refractivity (Wildman–Crippen MR) is 61.6 cm³/mol. The molecule has 0 amide bonds. The molecule has 0 fully saturated rings. The molecule has 0 bridgehead atoms. The van der Waals surface area contributed by atoms with Gasteiger partial charge in [-0.15, -0.1) is 0 Å². The Morgan fingerprint density at radius 3 is 0.513 bits per heavy atom. The fourth-order valence-corrected chi connectivity index (χ4v) is 7.73. The molecule has 232 valence electrons. The molecule has 0 aliphatic rings. The molecular formula is C12F26Hg. The van der Waals surface area contributed by atoms with Crippen LogP contribution in [0.2, 0.25) is 0 Å². The van der Waals surface area contributed by atoms with Gasteiger partial charge in [-0.25, -0.2) is 0 Å². The predicted octanol–water partition coefficient (Wildman–Crippen LogP) is 8.46. The summed E-state index contributed by atoms with van der Waals surface area (Å²) in [6, 6.07) is 0. The average Bonchev–Trinajstić information content (AvgIpc) is 2.63. The maximum absolute atomic E-state index is 13.5. The van der Waals surface area contributed by atoms with Crippen molar-refractivity contribution in [2.75, 3.05) is 0 Å². The van der Waals surface area contributed by atoms with Gasteiger partial charge in [0.1, 0.15) is 0 Å². The zero-order chi connectivity index (χ0) is 32.7. The molecule has 0 atom stereocenters. The number of alkyl halides is 26. The molecule has 0 unspecified atom stereocenters. The Morgan fingerprint density at radius 2 is 0.359 bits per heavy atom. The molecule has 39 heavy (non-hydrogen) atoms. The second-order valence-corrected chi connectivity index (χ2v) is 15.5. The Kier molecular flexibility index (Phi) is 9.10. The Labute approximate surface area is 206 Å². The molecule has 0 aromatic heterocycles. The minimum atomic E-state index is -8.91. The van der Waals surface area contributed by atoms with E-state index in [2.05, 4.69) is 0 Å². The van der Waals surface area contributed by atoms with Crippen LogP contribution in [0.25, 0.3) is 0 Å². The first-order chi connectivity index (χ1) is 16.2. The van der Waals surface area contributed by atoms with E-state index in [4.69, 9.17) is 0 Å². The van der Waals surface area contributed by atoms with Crippen LogP contribution >= 0.6 is 0 Å². The summed E-state index contributed by atoms with van der Waals surface area (Å²) in [5, 5.41) is 0. The van der Waals surface area contributed by atoms with Gasteiger partial charge in [0.2, 0.25) is 0 Å². The van der Waals surface area contributed by atoms with Gasteiger partial charge in [-0.1, -0.05) is 0 Å². The molecule has 27 heteroatoms. The third kappa shape index (κ3) is 5.06. The van der Waals surface area contributed by atoms with E-state index in [0.717, 1.165) is 0 Å². The zero-order valence-corrected chi connectivity index (χ0v) is 22.0. The molecule has 0 saturated heterocycles. The quantitative estimate of drug-likeness (QED) is 0.153. The van der Waals surface area contributed by atoms with Crippen molar-refractivity contribution in [3.05, 3.63) is 0 Å². The minimum absolute atomic E-state index is 8.02. The van der Waals surface area contributed by atoms with Gasteiger partial charge in [-0.05, 0) is 0 Å². The molecule has 0 aliphatic heterocycles. The standard InChI is InChI=1S/2C6F13.Hg/c2*7-1(8)2(9,10)3(11,12)4(13,14)5(15,16)6(17,18)19;. The van der Waals surface area contributed by atoms with Gasteiger partial charge >= 0.3 is 205 Å². The average molecular weight is 839 g/mol. The van der Waals surface area contributed by atoms with Crippen LogP contribution in [0.5, 0.6) is 0 Å². The zero-order valence-electron chi connectivity index (χ0n) is 16.5. The Morgan fingerprint density at radius 1 is 0.205 bits per heavy atom. The van der Waals surface area contributed by atoms with Crippen molar-refractivity contribution in [1.29, 1.82) is 0 Å². The fourth-order valence-electron chi connectivity index (χ4n) is 2.10. The van der Waals surface area contributed by atoms with E-state index < -0.39 is 91.2 Å². The van der Waals surface area contributed by atoms with Crippen molar-refractivity contribution in [3.63, 3.8) is 0 Å². The van der Waals surface area contributed by atoms with E-state index in [9.17, 15) is 114 Å². The van der Waals surface area contributed by atoms with Crippen molar-refractivity contribution in [2.24, 2.45) is 0 Å². The van der Waals surface area contributed by atoms with Crippen LogP contribution in [0.4, 0.5) is 114 Å². The molecule has 0 aliphatic carbocycles. The topological polar surface area (TPSA) is 0 Å². The van der Waals surface area contributed by atoms with Gasteiger partial charge in [0.15, 0.2) is 0 Å². The SMILES string of the molecule is FC(F)(F)C(F)(F)C(F)(F)C(F)(F)C(F)(F)[C](F)(F)[Hg][C](F)(F)C(F)(F)C(F)(F)C(F)(F)C(F)(F)C(F)(F)F. The molecule has 0 N–H and O–H groups in total. The van der Waals surface area contributed by atoms with Crippen LogP contribution < -0.4 is 0 Å². The van der Waals surface area contributed by atoms with E-state index >= 15 is 0 Å². The molecule has 0 spiro atoms. The summed E-state index contributed by atoms with van der Waals surface area (Å²) in [6.45, 7) is 0. The van der Waals surface area contributed by atoms with E-state index in [0.29, 0.717) is 0 Å². The van der Waals surface area contributed by atoms with Crippen molar-refractivity contribution in [2.45, 2.75) is 66.6 Å². The molecule has 0 rings (SSSR count). The van der Waals surface area contributed by atoms with Gasteiger partial charge in [-0.3, -0.25) is 0 Å². The van der Waals surface area contributed by atoms with Gasteiger partial charge in [0, 0.05) is 0 Å².